The van der Waals surface area contributed by atoms with E-state index >= 15 is 0 Å². The van der Waals surface area contributed by atoms with E-state index in [0.29, 0.717) is 26.2 Å². The van der Waals surface area contributed by atoms with Crippen molar-refractivity contribution in [2.24, 2.45) is 11.8 Å². The normalized spacial score (nSPS) is 19.1. The Hall–Kier alpha value is -1.10. The Kier molecular flexibility index (Phi) is 15.9. The molecule has 0 aromatic carbocycles. The Labute approximate surface area is 178 Å². The van der Waals surface area contributed by atoms with Gasteiger partial charge in [0.2, 0.25) is 0 Å². The van der Waals surface area contributed by atoms with Gasteiger partial charge < -0.3 is 14.2 Å². The lowest BCUT2D eigenvalue weighted by molar-refractivity contribution is -0.163. The highest BCUT2D eigenvalue weighted by Gasteiger charge is 2.37. The monoisotopic (exact) mass is 412 g/mol. The van der Waals surface area contributed by atoms with Gasteiger partial charge in [-0.25, -0.2) is 0 Å². The summed E-state index contributed by atoms with van der Waals surface area (Å²) in [4.78, 5) is 24.8. The topological polar surface area (TPSA) is 61.8 Å². The summed E-state index contributed by atoms with van der Waals surface area (Å²) in [5.41, 5.74) is 0. The van der Waals surface area contributed by atoms with Crippen molar-refractivity contribution in [2.75, 3.05) is 26.4 Å². The summed E-state index contributed by atoms with van der Waals surface area (Å²) < 4.78 is 16.0. The van der Waals surface area contributed by atoms with Crippen LogP contribution in [-0.2, 0) is 23.8 Å². The first-order valence-electron chi connectivity index (χ1n) is 12.1. The molecule has 0 aliphatic heterocycles. The SMILES string of the molecule is CCCCCCCCCCCCOC(=O)C1CCCCC1C(=O)OCCOCC. The molecule has 0 N–H and O–H groups in total. The molecule has 0 radical (unpaired) electrons. The molecule has 1 aliphatic carbocycles. The van der Waals surface area contributed by atoms with E-state index in [1.165, 1.54) is 51.4 Å². The number of carbonyl (C=O) groups excluding carboxylic acids is 2. The minimum absolute atomic E-state index is 0.215. The van der Waals surface area contributed by atoms with Crippen molar-refractivity contribution in [1.29, 1.82) is 0 Å². The van der Waals surface area contributed by atoms with E-state index in [1.807, 2.05) is 6.92 Å². The molecule has 0 aromatic rings. The molecule has 0 heterocycles. The molecule has 1 saturated carbocycles. The van der Waals surface area contributed by atoms with Gasteiger partial charge >= 0.3 is 11.9 Å². The molecule has 5 nitrogen and oxygen atoms in total. The second-order valence-corrected chi connectivity index (χ2v) is 8.21. The van der Waals surface area contributed by atoms with Crippen LogP contribution in [0.5, 0.6) is 0 Å². The van der Waals surface area contributed by atoms with Crippen molar-refractivity contribution < 1.29 is 23.8 Å². The van der Waals surface area contributed by atoms with E-state index in [0.717, 1.165) is 32.1 Å². The van der Waals surface area contributed by atoms with Crippen LogP contribution in [0.4, 0.5) is 0 Å². The highest BCUT2D eigenvalue weighted by Crippen LogP contribution is 2.32. The zero-order valence-electron chi connectivity index (χ0n) is 18.9. The zero-order valence-corrected chi connectivity index (χ0v) is 18.9. The first-order valence-corrected chi connectivity index (χ1v) is 12.1. The van der Waals surface area contributed by atoms with E-state index in [4.69, 9.17) is 14.2 Å². The van der Waals surface area contributed by atoms with Crippen LogP contribution in [0.1, 0.15) is 104 Å². The summed E-state index contributed by atoms with van der Waals surface area (Å²) in [7, 11) is 0. The Balaban J connectivity index is 2.13. The number of unbranched alkanes of at least 4 members (excludes halogenated alkanes) is 9. The second-order valence-electron chi connectivity index (χ2n) is 8.21. The molecule has 0 spiro atoms. The van der Waals surface area contributed by atoms with Crippen LogP contribution < -0.4 is 0 Å². The molecule has 0 amide bonds. The highest BCUT2D eigenvalue weighted by molar-refractivity contribution is 5.82. The van der Waals surface area contributed by atoms with Crippen LogP contribution in [0.3, 0.4) is 0 Å². The molecule has 0 bridgehead atoms. The predicted octanol–water partition coefficient (Wildman–Crippen LogP) is 5.84. The summed E-state index contributed by atoms with van der Waals surface area (Å²) >= 11 is 0. The molecule has 2 unspecified atom stereocenters. The Morgan fingerprint density at radius 1 is 0.655 bits per heavy atom. The van der Waals surface area contributed by atoms with Crippen LogP contribution in [0.25, 0.3) is 0 Å². The lowest BCUT2D eigenvalue weighted by Crippen LogP contribution is -2.35. The minimum Gasteiger partial charge on any atom is -0.465 e. The van der Waals surface area contributed by atoms with Gasteiger partial charge in [-0.05, 0) is 26.2 Å². The maximum atomic E-state index is 12.5. The molecule has 2 atom stereocenters. The van der Waals surface area contributed by atoms with E-state index < -0.39 is 0 Å². The lowest BCUT2D eigenvalue weighted by atomic mass is 9.79. The lowest BCUT2D eigenvalue weighted by Gasteiger charge is -2.28. The van der Waals surface area contributed by atoms with Crippen LogP contribution in [0.2, 0.25) is 0 Å². The van der Waals surface area contributed by atoms with Crippen LogP contribution in [0.15, 0.2) is 0 Å². The van der Waals surface area contributed by atoms with Gasteiger partial charge in [0.25, 0.3) is 0 Å². The molecule has 0 saturated heterocycles. The number of ether oxygens (including phenoxy) is 3. The van der Waals surface area contributed by atoms with Gasteiger partial charge in [-0.15, -0.1) is 0 Å². The fourth-order valence-electron chi connectivity index (χ4n) is 4.02. The van der Waals surface area contributed by atoms with Gasteiger partial charge in [-0.1, -0.05) is 77.6 Å². The second kappa shape index (κ2) is 17.7. The maximum Gasteiger partial charge on any atom is 0.309 e. The highest BCUT2D eigenvalue weighted by atomic mass is 16.6. The molecule has 1 aliphatic rings. The Morgan fingerprint density at radius 2 is 1.14 bits per heavy atom. The summed E-state index contributed by atoms with van der Waals surface area (Å²) in [5, 5.41) is 0. The quantitative estimate of drug-likeness (QED) is 0.222. The third-order valence-electron chi connectivity index (χ3n) is 5.79. The van der Waals surface area contributed by atoms with Crippen molar-refractivity contribution in [2.45, 2.75) is 104 Å². The molecular weight excluding hydrogens is 368 g/mol. The van der Waals surface area contributed by atoms with Crippen LogP contribution in [0, 0.1) is 11.8 Å². The number of hydrogen-bond acceptors (Lipinski definition) is 5. The first-order chi connectivity index (χ1) is 14.2. The van der Waals surface area contributed by atoms with E-state index in [1.54, 1.807) is 0 Å². The molecule has 29 heavy (non-hydrogen) atoms. The fraction of sp³-hybridized carbons (Fsp3) is 0.917. The van der Waals surface area contributed by atoms with Gasteiger partial charge in [-0.3, -0.25) is 9.59 Å². The summed E-state index contributed by atoms with van der Waals surface area (Å²) in [6.07, 6.45) is 15.9. The number of carbonyl (C=O) groups is 2. The van der Waals surface area contributed by atoms with E-state index in [-0.39, 0.29) is 30.4 Å². The van der Waals surface area contributed by atoms with Gasteiger partial charge in [0.15, 0.2) is 0 Å². The zero-order chi connectivity index (χ0) is 21.2. The van der Waals surface area contributed by atoms with Crippen molar-refractivity contribution in [3.63, 3.8) is 0 Å². The average Bonchev–Trinajstić information content (AvgIpc) is 2.74. The third kappa shape index (κ3) is 12.2. The van der Waals surface area contributed by atoms with Crippen LogP contribution in [-0.4, -0.2) is 38.4 Å². The smallest absolute Gasteiger partial charge is 0.309 e. The average molecular weight is 413 g/mol. The molecule has 170 valence electrons. The van der Waals surface area contributed by atoms with Crippen molar-refractivity contribution in [3.8, 4) is 0 Å². The summed E-state index contributed by atoms with van der Waals surface area (Å²) in [6, 6.07) is 0. The summed E-state index contributed by atoms with van der Waals surface area (Å²) in [5.74, 6) is -1.19. The third-order valence-corrected chi connectivity index (χ3v) is 5.79. The minimum atomic E-state index is -0.356. The Morgan fingerprint density at radius 3 is 1.66 bits per heavy atom. The first kappa shape index (κ1) is 25.9. The van der Waals surface area contributed by atoms with Crippen molar-refractivity contribution in [1.82, 2.24) is 0 Å². The van der Waals surface area contributed by atoms with Gasteiger partial charge in [-0.2, -0.15) is 0 Å². The number of rotatable bonds is 17. The summed E-state index contributed by atoms with van der Waals surface area (Å²) in [6.45, 7) is 5.89. The molecular formula is C24H44O5. The number of hydrogen-bond donors (Lipinski definition) is 0. The largest absolute Gasteiger partial charge is 0.465 e. The van der Waals surface area contributed by atoms with E-state index in [9.17, 15) is 9.59 Å². The predicted molar refractivity (Wildman–Crippen MR) is 116 cm³/mol. The number of esters is 2. The van der Waals surface area contributed by atoms with Crippen molar-refractivity contribution >= 4 is 11.9 Å². The van der Waals surface area contributed by atoms with Gasteiger partial charge in [0.05, 0.1) is 25.0 Å². The van der Waals surface area contributed by atoms with E-state index in [2.05, 4.69) is 6.92 Å². The van der Waals surface area contributed by atoms with Crippen molar-refractivity contribution in [3.05, 3.63) is 0 Å². The van der Waals surface area contributed by atoms with Gasteiger partial charge in [0, 0.05) is 6.61 Å². The Bertz CT molecular complexity index is 423. The molecule has 1 rings (SSSR count). The van der Waals surface area contributed by atoms with Gasteiger partial charge in [0.1, 0.15) is 6.61 Å². The molecule has 0 aromatic heterocycles. The molecule has 5 heteroatoms. The standard InChI is InChI=1S/C24H44O5/c1-3-5-6-7-8-9-10-11-12-15-18-28-23(25)21-16-13-14-17-22(21)24(26)29-20-19-27-4-2/h21-22H,3-20H2,1-2H3. The van der Waals surface area contributed by atoms with Crippen LogP contribution >= 0.6 is 0 Å². The fourth-order valence-corrected chi connectivity index (χ4v) is 4.02. The molecule has 1 fully saturated rings. The maximum absolute atomic E-state index is 12.5.